The molecule has 14 heavy (non-hydrogen) atoms. The van der Waals surface area contributed by atoms with E-state index < -0.39 is 11.9 Å². The quantitative estimate of drug-likeness (QED) is 0.771. The van der Waals surface area contributed by atoms with Crippen molar-refractivity contribution in [3.8, 4) is 0 Å². The summed E-state index contributed by atoms with van der Waals surface area (Å²) in [6.07, 6.45) is 2.66. The van der Waals surface area contributed by atoms with Crippen molar-refractivity contribution in [1.82, 2.24) is 4.98 Å². The molecule has 1 aromatic rings. The molecule has 0 amide bonds. The van der Waals surface area contributed by atoms with Crippen molar-refractivity contribution in [3.05, 3.63) is 16.1 Å². The average Bonchev–Trinajstić information content (AvgIpc) is 2.52. The van der Waals surface area contributed by atoms with Crippen LogP contribution in [0.3, 0.4) is 0 Å². The summed E-state index contributed by atoms with van der Waals surface area (Å²) < 4.78 is 0. The Balaban J connectivity index is 2.44. The molecule has 0 radical (unpaired) electrons. The smallest absolute Gasteiger partial charge is 0.365 e. The molecular formula is C8H9NO4S. The molecule has 6 heteroatoms. The minimum atomic E-state index is -1.04. The SMILES string of the molecule is O=C(O)CCCc1cnc(C(=O)O)s1. The van der Waals surface area contributed by atoms with Crippen LogP contribution in [0.2, 0.25) is 0 Å². The zero-order valence-electron chi connectivity index (χ0n) is 7.27. The molecule has 76 valence electrons. The second-order valence-electron chi connectivity index (χ2n) is 2.68. The van der Waals surface area contributed by atoms with E-state index in [0.29, 0.717) is 12.8 Å². The number of carboxylic acids is 2. The van der Waals surface area contributed by atoms with Gasteiger partial charge in [0.2, 0.25) is 5.01 Å². The first-order valence-corrected chi connectivity index (χ1v) is 4.81. The van der Waals surface area contributed by atoms with Crippen LogP contribution in [0.25, 0.3) is 0 Å². The molecule has 0 unspecified atom stereocenters. The van der Waals surface area contributed by atoms with E-state index in [0.717, 1.165) is 16.2 Å². The van der Waals surface area contributed by atoms with E-state index in [1.165, 1.54) is 6.20 Å². The van der Waals surface area contributed by atoms with Crippen molar-refractivity contribution >= 4 is 23.3 Å². The van der Waals surface area contributed by atoms with Crippen molar-refractivity contribution in [2.45, 2.75) is 19.3 Å². The van der Waals surface area contributed by atoms with Crippen LogP contribution in [0.15, 0.2) is 6.20 Å². The van der Waals surface area contributed by atoms with Crippen molar-refractivity contribution in [1.29, 1.82) is 0 Å². The van der Waals surface area contributed by atoms with Crippen LogP contribution in [0.1, 0.15) is 27.5 Å². The molecule has 0 aromatic carbocycles. The number of thiazole rings is 1. The molecule has 0 saturated heterocycles. The molecule has 0 aliphatic heterocycles. The molecule has 0 spiro atoms. The van der Waals surface area contributed by atoms with Gasteiger partial charge in [-0.3, -0.25) is 4.79 Å². The lowest BCUT2D eigenvalue weighted by Crippen LogP contribution is -1.94. The second-order valence-corrected chi connectivity index (χ2v) is 3.80. The maximum Gasteiger partial charge on any atom is 0.365 e. The van der Waals surface area contributed by atoms with Gasteiger partial charge in [0, 0.05) is 17.5 Å². The standard InChI is InChI=1S/C8H9NO4S/c10-6(11)3-1-2-5-4-9-7(14-5)8(12)13/h4H,1-3H2,(H,10,11)(H,12,13). The molecule has 1 heterocycles. The maximum atomic E-state index is 10.5. The van der Waals surface area contributed by atoms with Gasteiger partial charge >= 0.3 is 11.9 Å². The lowest BCUT2D eigenvalue weighted by molar-refractivity contribution is -0.137. The lowest BCUT2D eigenvalue weighted by Gasteiger charge is -1.92. The van der Waals surface area contributed by atoms with Gasteiger partial charge in [0.1, 0.15) is 0 Å². The van der Waals surface area contributed by atoms with Crippen LogP contribution >= 0.6 is 11.3 Å². The summed E-state index contributed by atoms with van der Waals surface area (Å²) in [6, 6.07) is 0. The largest absolute Gasteiger partial charge is 0.481 e. The lowest BCUT2D eigenvalue weighted by atomic mass is 10.2. The summed E-state index contributed by atoms with van der Waals surface area (Å²) >= 11 is 1.09. The van der Waals surface area contributed by atoms with E-state index >= 15 is 0 Å². The van der Waals surface area contributed by atoms with Gasteiger partial charge in [-0.1, -0.05) is 0 Å². The number of aryl methyl sites for hydroxylation is 1. The molecule has 2 N–H and O–H groups in total. The van der Waals surface area contributed by atoms with Crippen molar-refractivity contribution in [2.75, 3.05) is 0 Å². The highest BCUT2D eigenvalue weighted by Gasteiger charge is 2.08. The number of aliphatic carboxylic acids is 1. The number of carboxylic acid groups (broad SMARTS) is 2. The number of aromatic nitrogens is 1. The molecular weight excluding hydrogens is 206 g/mol. The molecule has 1 rings (SSSR count). The molecule has 0 fully saturated rings. The Morgan fingerprint density at radius 1 is 1.43 bits per heavy atom. The summed E-state index contributed by atoms with van der Waals surface area (Å²) in [5, 5.41) is 17.0. The Morgan fingerprint density at radius 2 is 2.14 bits per heavy atom. The molecule has 0 aliphatic rings. The fraction of sp³-hybridized carbons (Fsp3) is 0.375. The average molecular weight is 215 g/mol. The highest BCUT2D eigenvalue weighted by atomic mass is 32.1. The Kier molecular flexibility index (Phi) is 3.58. The monoisotopic (exact) mass is 215 g/mol. The third kappa shape index (κ3) is 3.14. The third-order valence-electron chi connectivity index (χ3n) is 1.55. The van der Waals surface area contributed by atoms with Crippen molar-refractivity contribution < 1.29 is 19.8 Å². The first-order valence-electron chi connectivity index (χ1n) is 3.99. The first kappa shape index (κ1) is 10.6. The van der Waals surface area contributed by atoms with Crippen LogP contribution in [0.4, 0.5) is 0 Å². The van der Waals surface area contributed by atoms with E-state index in [4.69, 9.17) is 10.2 Å². The van der Waals surface area contributed by atoms with Gasteiger partial charge < -0.3 is 10.2 Å². The van der Waals surface area contributed by atoms with Gasteiger partial charge in [-0.15, -0.1) is 11.3 Å². The minimum absolute atomic E-state index is 0.0512. The van der Waals surface area contributed by atoms with Gasteiger partial charge in [-0.05, 0) is 12.8 Å². The van der Waals surface area contributed by atoms with Crippen LogP contribution in [0, 0.1) is 0 Å². The minimum Gasteiger partial charge on any atom is -0.481 e. The normalized spacial score (nSPS) is 10.0. The van der Waals surface area contributed by atoms with Crippen LogP contribution in [-0.2, 0) is 11.2 Å². The third-order valence-corrected chi connectivity index (χ3v) is 2.60. The van der Waals surface area contributed by atoms with Gasteiger partial charge in [0.15, 0.2) is 0 Å². The van der Waals surface area contributed by atoms with E-state index in [2.05, 4.69) is 4.98 Å². The Hall–Kier alpha value is -1.43. The zero-order valence-corrected chi connectivity index (χ0v) is 8.08. The molecule has 0 saturated carbocycles. The second kappa shape index (κ2) is 4.71. The van der Waals surface area contributed by atoms with Crippen molar-refractivity contribution in [2.24, 2.45) is 0 Å². The molecule has 0 bridgehead atoms. The number of hydrogen-bond acceptors (Lipinski definition) is 4. The van der Waals surface area contributed by atoms with Gasteiger partial charge in [0.25, 0.3) is 0 Å². The highest BCUT2D eigenvalue weighted by molar-refractivity contribution is 7.13. The van der Waals surface area contributed by atoms with Gasteiger partial charge in [-0.25, -0.2) is 9.78 Å². The molecule has 0 aliphatic carbocycles. The summed E-state index contributed by atoms with van der Waals surface area (Å²) in [6.45, 7) is 0. The van der Waals surface area contributed by atoms with E-state index in [-0.39, 0.29) is 11.4 Å². The van der Waals surface area contributed by atoms with Crippen molar-refractivity contribution in [3.63, 3.8) is 0 Å². The predicted octanol–water partition coefficient (Wildman–Crippen LogP) is 1.25. The first-order chi connectivity index (χ1) is 6.59. The van der Waals surface area contributed by atoms with E-state index in [9.17, 15) is 9.59 Å². The van der Waals surface area contributed by atoms with Gasteiger partial charge in [-0.2, -0.15) is 0 Å². The Bertz CT molecular complexity index is 347. The number of carbonyl (C=O) groups is 2. The summed E-state index contributed by atoms with van der Waals surface area (Å²) in [7, 11) is 0. The van der Waals surface area contributed by atoms with Crippen LogP contribution in [-0.4, -0.2) is 27.1 Å². The van der Waals surface area contributed by atoms with Crippen LogP contribution in [0.5, 0.6) is 0 Å². The Labute approximate surface area is 84.0 Å². The topological polar surface area (TPSA) is 87.5 Å². The fourth-order valence-electron chi connectivity index (χ4n) is 0.936. The molecule has 5 nitrogen and oxygen atoms in total. The number of aromatic carboxylic acids is 1. The summed E-state index contributed by atoms with van der Waals surface area (Å²) in [5.41, 5.74) is 0. The van der Waals surface area contributed by atoms with E-state index in [1.807, 2.05) is 0 Å². The highest BCUT2D eigenvalue weighted by Crippen LogP contribution is 2.15. The number of hydrogen-bond donors (Lipinski definition) is 2. The summed E-state index contributed by atoms with van der Waals surface area (Å²) in [5.74, 6) is -1.88. The van der Waals surface area contributed by atoms with Gasteiger partial charge in [0.05, 0.1) is 0 Å². The number of nitrogens with zero attached hydrogens (tertiary/aromatic N) is 1. The van der Waals surface area contributed by atoms with E-state index in [1.54, 1.807) is 0 Å². The summed E-state index contributed by atoms with van der Waals surface area (Å²) in [4.78, 5) is 25.1. The Morgan fingerprint density at radius 3 is 2.64 bits per heavy atom. The van der Waals surface area contributed by atoms with Crippen LogP contribution < -0.4 is 0 Å². The fourth-order valence-corrected chi connectivity index (χ4v) is 1.73. The molecule has 0 atom stereocenters. The molecule has 1 aromatic heterocycles. The zero-order chi connectivity index (χ0) is 10.6. The predicted molar refractivity (Wildman–Crippen MR) is 49.6 cm³/mol. The maximum absolute atomic E-state index is 10.5. The number of rotatable bonds is 5.